The van der Waals surface area contributed by atoms with Crippen LogP contribution in [0.5, 0.6) is 0 Å². The zero-order valence-electron chi connectivity index (χ0n) is 15.0. The highest BCUT2D eigenvalue weighted by Crippen LogP contribution is 2.30. The van der Waals surface area contributed by atoms with E-state index >= 15 is 0 Å². The smallest absolute Gasteiger partial charge is 0.329 e. The molecule has 0 unspecified atom stereocenters. The Labute approximate surface area is 148 Å². The average Bonchev–Trinajstić information content (AvgIpc) is 2.98. The van der Waals surface area contributed by atoms with Gasteiger partial charge in [-0.2, -0.15) is 0 Å². The fraction of sp³-hybridized carbons (Fsp3) is 0.526. The third kappa shape index (κ3) is 4.59. The molecular weight excluding hydrogens is 320 g/mol. The molecule has 0 radical (unpaired) electrons. The van der Waals surface area contributed by atoms with E-state index in [0.717, 1.165) is 18.4 Å². The molecule has 136 valence electrons. The molecule has 0 heterocycles. The van der Waals surface area contributed by atoms with Gasteiger partial charge in [0, 0.05) is 17.7 Å². The minimum Gasteiger partial charge on any atom is -0.480 e. The highest BCUT2D eigenvalue weighted by atomic mass is 16.4. The lowest BCUT2D eigenvalue weighted by Crippen LogP contribution is -2.52. The third-order valence-electron chi connectivity index (χ3n) is 4.58. The first-order valence-corrected chi connectivity index (χ1v) is 8.70. The predicted molar refractivity (Wildman–Crippen MR) is 95.6 cm³/mol. The number of amides is 2. The minimum absolute atomic E-state index is 0.0638. The van der Waals surface area contributed by atoms with Crippen LogP contribution in [0.15, 0.2) is 18.2 Å². The lowest BCUT2D eigenvalue weighted by molar-refractivity contribution is -0.144. The molecule has 1 aliphatic rings. The van der Waals surface area contributed by atoms with Gasteiger partial charge in [0.15, 0.2) is 0 Å². The molecule has 1 aromatic rings. The molecule has 2 rings (SSSR count). The molecule has 1 aliphatic carbocycles. The Bertz CT molecular complexity index is 676. The largest absolute Gasteiger partial charge is 0.480 e. The number of carboxylic acid groups (broad SMARTS) is 1. The van der Waals surface area contributed by atoms with Crippen LogP contribution in [-0.4, -0.2) is 28.4 Å². The van der Waals surface area contributed by atoms with Gasteiger partial charge in [-0.3, -0.25) is 9.59 Å². The summed E-state index contributed by atoms with van der Waals surface area (Å²) in [7, 11) is 0. The molecule has 0 saturated heterocycles. The molecule has 2 amide bonds. The van der Waals surface area contributed by atoms with Crippen molar-refractivity contribution in [1.82, 2.24) is 5.32 Å². The lowest BCUT2D eigenvalue weighted by Gasteiger charge is -2.25. The normalized spacial score (nSPS) is 15.8. The number of hydrogen-bond acceptors (Lipinski definition) is 3. The second kappa shape index (κ2) is 7.68. The number of rotatable bonds is 6. The molecule has 0 bridgehead atoms. The van der Waals surface area contributed by atoms with E-state index in [-0.39, 0.29) is 11.8 Å². The van der Waals surface area contributed by atoms with Crippen LogP contribution in [0, 0.1) is 12.8 Å². The molecule has 0 aromatic heterocycles. The molecular formula is C19H26N2O4. The Balaban J connectivity index is 2.10. The molecule has 25 heavy (non-hydrogen) atoms. The number of nitrogens with one attached hydrogen (secondary N) is 2. The van der Waals surface area contributed by atoms with Crippen molar-refractivity contribution in [3.8, 4) is 0 Å². The monoisotopic (exact) mass is 346 g/mol. The van der Waals surface area contributed by atoms with E-state index in [4.69, 9.17) is 0 Å². The average molecular weight is 346 g/mol. The summed E-state index contributed by atoms with van der Waals surface area (Å²) in [6, 6.07) is 4.97. The number of carbonyl (C=O) groups is 3. The highest BCUT2D eigenvalue weighted by Gasteiger charge is 2.42. The molecule has 1 saturated carbocycles. The van der Waals surface area contributed by atoms with E-state index in [9.17, 15) is 19.5 Å². The Morgan fingerprint density at radius 3 is 2.36 bits per heavy atom. The Kier molecular flexibility index (Phi) is 5.82. The van der Waals surface area contributed by atoms with Crippen LogP contribution in [0.1, 0.15) is 61.9 Å². The van der Waals surface area contributed by atoms with E-state index < -0.39 is 17.4 Å². The molecule has 1 fully saturated rings. The van der Waals surface area contributed by atoms with Crippen molar-refractivity contribution in [1.29, 1.82) is 0 Å². The molecule has 0 aliphatic heterocycles. The fourth-order valence-electron chi connectivity index (χ4n) is 3.18. The first-order valence-electron chi connectivity index (χ1n) is 8.70. The summed E-state index contributed by atoms with van der Waals surface area (Å²) in [4.78, 5) is 35.9. The van der Waals surface area contributed by atoms with Crippen molar-refractivity contribution >= 4 is 23.5 Å². The van der Waals surface area contributed by atoms with Gasteiger partial charge in [0.25, 0.3) is 5.91 Å². The SMILES string of the molecule is Cc1cc(C(=O)NC2(C(=O)O)CCCC2)ccc1NC(=O)CC(C)C. The van der Waals surface area contributed by atoms with Crippen molar-refractivity contribution in [3.63, 3.8) is 0 Å². The van der Waals surface area contributed by atoms with Gasteiger partial charge in [-0.25, -0.2) is 4.79 Å². The first-order chi connectivity index (χ1) is 11.7. The van der Waals surface area contributed by atoms with Crippen molar-refractivity contribution < 1.29 is 19.5 Å². The summed E-state index contributed by atoms with van der Waals surface area (Å²) in [5, 5.41) is 15.0. The van der Waals surface area contributed by atoms with Gasteiger partial charge in [-0.15, -0.1) is 0 Å². The van der Waals surface area contributed by atoms with Crippen molar-refractivity contribution in [2.75, 3.05) is 5.32 Å². The van der Waals surface area contributed by atoms with Crippen molar-refractivity contribution in [2.45, 2.75) is 58.4 Å². The van der Waals surface area contributed by atoms with E-state index in [1.807, 2.05) is 20.8 Å². The minimum atomic E-state index is -1.16. The topological polar surface area (TPSA) is 95.5 Å². The lowest BCUT2D eigenvalue weighted by atomic mass is 9.97. The van der Waals surface area contributed by atoms with Gasteiger partial charge in [-0.1, -0.05) is 26.7 Å². The summed E-state index contributed by atoms with van der Waals surface area (Å²) in [6.07, 6.45) is 2.94. The second-order valence-electron chi connectivity index (χ2n) is 7.22. The predicted octanol–water partition coefficient (Wildman–Crippen LogP) is 3.11. The quantitative estimate of drug-likeness (QED) is 0.737. The van der Waals surface area contributed by atoms with E-state index in [1.165, 1.54) is 0 Å². The van der Waals surface area contributed by atoms with Gasteiger partial charge in [0.05, 0.1) is 0 Å². The van der Waals surface area contributed by atoms with E-state index in [0.29, 0.717) is 30.5 Å². The molecule has 1 aromatic carbocycles. The van der Waals surface area contributed by atoms with Crippen LogP contribution >= 0.6 is 0 Å². The molecule has 6 heteroatoms. The summed E-state index contributed by atoms with van der Waals surface area (Å²) in [5.74, 6) is -1.17. The number of hydrogen-bond donors (Lipinski definition) is 3. The summed E-state index contributed by atoms with van der Waals surface area (Å²) >= 11 is 0. The number of carbonyl (C=O) groups excluding carboxylic acids is 2. The van der Waals surface area contributed by atoms with Gasteiger partial charge in [0.2, 0.25) is 5.91 Å². The van der Waals surface area contributed by atoms with Gasteiger partial charge in [0.1, 0.15) is 5.54 Å². The maximum atomic E-state index is 12.5. The second-order valence-corrected chi connectivity index (χ2v) is 7.22. The first kappa shape index (κ1) is 19.0. The number of aryl methyl sites for hydroxylation is 1. The third-order valence-corrected chi connectivity index (χ3v) is 4.58. The molecule has 3 N–H and O–H groups in total. The maximum absolute atomic E-state index is 12.5. The number of benzene rings is 1. The number of anilines is 1. The van der Waals surface area contributed by atoms with Crippen LogP contribution in [0.3, 0.4) is 0 Å². The molecule has 0 atom stereocenters. The maximum Gasteiger partial charge on any atom is 0.329 e. The zero-order chi connectivity index (χ0) is 18.6. The van der Waals surface area contributed by atoms with Gasteiger partial charge in [-0.05, 0) is 49.4 Å². The fourth-order valence-corrected chi connectivity index (χ4v) is 3.18. The van der Waals surface area contributed by atoms with E-state index in [2.05, 4.69) is 10.6 Å². The summed E-state index contributed by atoms with van der Waals surface area (Å²) in [5.41, 5.74) is 0.665. The zero-order valence-corrected chi connectivity index (χ0v) is 15.0. The van der Waals surface area contributed by atoms with Gasteiger partial charge < -0.3 is 15.7 Å². The number of carboxylic acids is 1. The van der Waals surface area contributed by atoms with Crippen LogP contribution < -0.4 is 10.6 Å². The van der Waals surface area contributed by atoms with Crippen molar-refractivity contribution in [2.24, 2.45) is 5.92 Å². The summed E-state index contributed by atoms with van der Waals surface area (Å²) in [6.45, 7) is 5.76. The summed E-state index contributed by atoms with van der Waals surface area (Å²) < 4.78 is 0. The van der Waals surface area contributed by atoms with Crippen LogP contribution in [-0.2, 0) is 9.59 Å². The van der Waals surface area contributed by atoms with Crippen LogP contribution in [0.2, 0.25) is 0 Å². The highest BCUT2D eigenvalue weighted by molar-refractivity contribution is 5.99. The molecule has 0 spiro atoms. The van der Waals surface area contributed by atoms with Crippen LogP contribution in [0.4, 0.5) is 5.69 Å². The standard InChI is InChI=1S/C19H26N2O4/c1-12(2)10-16(22)20-15-7-6-14(11-13(15)3)17(23)21-19(18(24)25)8-4-5-9-19/h6-7,11-12H,4-5,8-10H2,1-3H3,(H,20,22)(H,21,23)(H,24,25). The Morgan fingerprint density at radius 1 is 1.20 bits per heavy atom. The van der Waals surface area contributed by atoms with Crippen LogP contribution in [0.25, 0.3) is 0 Å². The van der Waals surface area contributed by atoms with Gasteiger partial charge >= 0.3 is 5.97 Å². The molecule has 6 nitrogen and oxygen atoms in total. The number of aliphatic carboxylic acids is 1. The van der Waals surface area contributed by atoms with E-state index in [1.54, 1.807) is 18.2 Å². The van der Waals surface area contributed by atoms with Crippen molar-refractivity contribution in [3.05, 3.63) is 29.3 Å². The Morgan fingerprint density at radius 2 is 1.84 bits per heavy atom. The Hall–Kier alpha value is -2.37.